The Morgan fingerprint density at radius 2 is 2.21 bits per heavy atom. The third-order valence-electron chi connectivity index (χ3n) is 2.58. The molecule has 0 aliphatic rings. The summed E-state index contributed by atoms with van der Waals surface area (Å²) < 4.78 is 0. The third kappa shape index (κ3) is 3.84. The number of aromatic nitrogens is 2. The molecule has 0 spiro atoms. The van der Waals surface area contributed by atoms with E-state index in [2.05, 4.69) is 15.3 Å². The Morgan fingerprint density at radius 3 is 2.89 bits per heavy atom. The largest absolute Gasteiger partial charge is 0.354 e. The number of pyridine rings is 1. The van der Waals surface area contributed by atoms with Crippen molar-refractivity contribution in [1.82, 2.24) is 15.3 Å². The maximum absolute atomic E-state index is 11.3. The Balaban J connectivity index is 1.90. The van der Waals surface area contributed by atoms with Gasteiger partial charge in [-0.25, -0.2) is 4.98 Å². The van der Waals surface area contributed by atoms with Crippen LogP contribution in [-0.2, 0) is 11.2 Å². The monoisotopic (exact) mass is 276 g/mol. The minimum atomic E-state index is -0.469. The van der Waals surface area contributed by atoms with Crippen molar-refractivity contribution in [3.8, 4) is 11.3 Å². The molecule has 0 unspecified atom stereocenters. The third-order valence-corrected chi connectivity index (χ3v) is 3.49. The van der Waals surface area contributed by atoms with E-state index in [1.54, 1.807) is 30.7 Å². The molecule has 0 fully saturated rings. The van der Waals surface area contributed by atoms with Crippen LogP contribution in [0.4, 0.5) is 0 Å². The van der Waals surface area contributed by atoms with E-state index in [0.717, 1.165) is 16.3 Å². The van der Waals surface area contributed by atoms with Gasteiger partial charge in [0.1, 0.15) is 0 Å². The number of carbonyl (C=O) groups is 1. The molecule has 0 bridgehead atoms. The van der Waals surface area contributed by atoms with Gasteiger partial charge in [0.25, 0.3) is 0 Å². The van der Waals surface area contributed by atoms with Crippen LogP contribution >= 0.6 is 11.3 Å². The van der Waals surface area contributed by atoms with E-state index in [4.69, 9.17) is 5.73 Å². The second-order valence-corrected chi connectivity index (χ2v) is 5.13. The van der Waals surface area contributed by atoms with Crippen LogP contribution in [0.3, 0.4) is 0 Å². The Labute approximate surface area is 115 Å². The molecule has 2 rings (SSSR count). The summed E-state index contributed by atoms with van der Waals surface area (Å²) in [5, 5.41) is 5.78. The van der Waals surface area contributed by atoms with Gasteiger partial charge in [0.15, 0.2) is 0 Å². The average Bonchev–Trinajstić information content (AvgIpc) is 2.88. The molecule has 2 aromatic heterocycles. The van der Waals surface area contributed by atoms with Gasteiger partial charge in [-0.1, -0.05) is 0 Å². The van der Waals surface area contributed by atoms with Crippen molar-refractivity contribution < 1.29 is 4.79 Å². The maximum atomic E-state index is 11.3. The minimum Gasteiger partial charge on any atom is -0.354 e. The zero-order chi connectivity index (χ0) is 13.7. The van der Waals surface area contributed by atoms with Crippen molar-refractivity contribution in [1.29, 1.82) is 0 Å². The number of hydrogen-bond donors (Lipinski definition) is 2. The highest BCUT2D eigenvalue weighted by Crippen LogP contribution is 2.21. The molecule has 0 saturated heterocycles. The van der Waals surface area contributed by atoms with Crippen LogP contribution in [0.5, 0.6) is 0 Å². The van der Waals surface area contributed by atoms with Gasteiger partial charge in [0.2, 0.25) is 5.91 Å². The highest BCUT2D eigenvalue weighted by Gasteiger charge is 2.07. The van der Waals surface area contributed by atoms with E-state index in [9.17, 15) is 4.79 Å². The van der Waals surface area contributed by atoms with Crippen molar-refractivity contribution >= 4 is 17.2 Å². The quantitative estimate of drug-likeness (QED) is 0.860. The summed E-state index contributed by atoms with van der Waals surface area (Å²) in [6.45, 7) is 2.23. The zero-order valence-electron chi connectivity index (χ0n) is 10.7. The number of nitrogens with zero attached hydrogens (tertiary/aromatic N) is 2. The first kappa shape index (κ1) is 13.6. The lowest BCUT2D eigenvalue weighted by atomic mass is 10.2. The Kier molecular flexibility index (Phi) is 4.59. The molecule has 1 atom stereocenters. The number of thiazole rings is 1. The first-order chi connectivity index (χ1) is 9.16. The second-order valence-electron chi connectivity index (χ2n) is 4.19. The summed E-state index contributed by atoms with van der Waals surface area (Å²) in [4.78, 5) is 19.8. The second kappa shape index (κ2) is 6.40. The molecule has 3 N–H and O–H groups in total. The van der Waals surface area contributed by atoms with Crippen LogP contribution in [-0.4, -0.2) is 28.5 Å². The number of nitrogens with two attached hydrogens (primary N) is 1. The van der Waals surface area contributed by atoms with Gasteiger partial charge >= 0.3 is 0 Å². The van der Waals surface area contributed by atoms with Crippen molar-refractivity contribution in [3.05, 3.63) is 34.9 Å². The molecule has 0 aliphatic heterocycles. The van der Waals surface area contributed by atoms with Crippen molar-refractivity contribution in [2.45, 2.75) is 19.4 Å². The number of hydrogen-bond acceptors (Lipinski definition) is 5. The fourth-order valence-electron chi connectivity index (χ4n) is 1.53. The van der Waals surface area contributed by atoms with E-state index in [-0.39, 0.29) is 5.91 Å². The van der Waals surface area contributed by atoms with Crippen molar-refractivity contribution in [2.24, 2.45) is 5.73 Å². The first-order valence-corrected chi connectivity index (χ1v) is 6.93. The molecule has 100 valence electrons. The number of nitrogens with one attached hydrogen (secondary N) is 1. The molecule has 5 nitrogen and oxygen atoms in total. The van der Waals surface area contributed by atoms with Crippen LogP contribution in [0, 0.1) is 0 Å². The van der Waals surface area contributed by atoms with Gasteiger partial charge in [0, 0.05) is 36.3 Å². The van der Waals surface area contributed by atoms with E-state index in [0.29, 0.717) is 13.0 Å². The van der Waals surface area contributed by atoms with E-state index in [1.807, 2.05) is 17.5 Å². The molecular weight excluding hydrogens is 260 g/mol. The zero-order valence-corrected chi connectivity index (χ0v) is 11.5. The van der Waals surface area contributed by atoms with Crippen LogP contribution in [0.2, 0.25) is 0 Å². The van der Waals surface area contributed by atoms with Gasteiger partial charge in [-0.15, -0.1) is 11.3 Å². The summed E-state index contributed by atoms with van der Waals surface area (Å²) in [6.07, 6.45) is 4.21. The number of rotatable bonds is 5. The fraction of sp³-hybridized carbons (Fsp3) is 0.308. The Hall–Kier alpha value is -1.79. The van der Waals surface area contributed by atoms with Gasteiger partial charge in [-0.05, 0) is 19.1 Å². The lowest BCUT2D eigenvalue weighted by molar-refractivity contribution is -0.121. The Bertz CT molecular complexity index is 539. The first-order valence-electron chi connectivity index (χ1n) is 6.05. The SMILES string of the molecule is C[C@@H](N)C(=O)NCCc1nc(-c2ccncc2)cs1. The summed E-state index contributed by atoms with van der Waals surface area (Å²) in [5.41, 5.74) is 7.46. The summed E-state index contributed by atoms with van der Waals surface area (Å²) in [6, 6.07) is 3.39. The lowest BCUT2D eigenvalue weighted by Crippen LogP contribution is -2.39. The number of carbonyl (C=O) groups excluding carboxylic acids is 1. The molecule has 0 aromatic carbocycles. The summed E-state index contributed by atoms with van der Waals surface area (Å²) >= 11 is 1.59. The van der Waals surface area contributed by atoms with Gasteiger partial charge in [0.05, 0.1) is 16.7 Å². The standard InChI is InChI=1S/C13H16N4OS/c1-9(14)13(18)16-7-4-12-17-11(8-19-12)10-2-5-15-6-3-10/h2-3,5-6,8-9H,4,7,14H2,1H3,(H,16,18)/t9-/m1/s1. The predicted octanol–water partition coefficient (Wildman–Crippen LogP) is 1.21. The van der Waals surface area contributed by atoms with Crippen molar-refractivity contribution in [3.63, 3.8) is 0 Å². The fourth-order valence-corrected chi connectivity index (χ4v) is 2.34. The van der Waals surface area contributed by atoms with E-state index >= 15 is 0 Å². The van der Waals surface area contributed by atoms with E-state index < -0.39 is 6.04 Å². The molecule has 2 heterocycles. The highest BCUT2D eigenvalue weighted by atomic mass is 32.1. The molecule has 0 saturated carbocycles. The normalized spacial score (nSPS) is 12.1. The lowest BCUT2D eigenvalue weighted by Gasteiger charge is -2.05. The summed E-state index contributed by atoms with van der Waals surface area (Å²) in [7, 11) is 0. The van der Waals surface area contributed by atoms with Crippen LogP contribution < -0.4 is 11.1 Å². The average molecular weight is 276 g/mol. The smallest absolute Gasteiger partial charge is 0.236 e. The molecule has 0 aliphatic carbocycles. The van der Waals surface area contributed by atoms with E-state index in [1.165, 1.54) is 0 Å². The molecule has 19 heavy (non-hydrogen) atoms. The van der Waals surface area contributed by atoms with Crippen LogP contribution in [0.1, 0.15) is 11.9 Å². The molecule has 1 amide bonds. The van der Waals surface area contributed by atoms with Gasteiger partial charge in [-0.3, -0.25) is 9.78 Å². The highest BCUT2D eigenvalue weighted by molar-refractivity contribution is 7.09. The van der Waals surface area contributed by atoms with Crippen molar-refractivity contribution in [2.75, 3.05) is 6.54 Å². The number of amides is 1. The van der Waals surface area contributed by atoms with Gasteiger partial charge in [-0.2, -0.15) is 0 Å². The Morgan fingerprint density at radius 1 is 1.47 bits per heavy atom. The van der Waals surface area contributed by atoms with Crippen LogP contribution in [0.25, 0.3) is 11.3 Å². The molecule has 6 heteroatoms. The van der Waals surface area contributed by atoms with Gasteiger partial charge < -0.3 is 11.1 Å². The molecule has 2 aromatic rings. The minimum absolute atomic E-state index is 0.133. The predicted molar refractivity (Wildman–Crippen MR) is 75.7 cm³/mol. The topological polar surface area (TPSA) is 80.9 Å². The maximum Gasteiger partial charge on any atom is 0.236 e. The van der Waals surface area contributed by atoms with Crippen LogP contribution in [0.15, 0.2) is 29.9 Å². The molecule has 0 radical (unpaired) electrons. The molecular formula is C13H16N4OS. The summed E-state index contributed by atoms with van der Waals surface area (Å²) in [5.74, 6) is -0.133.